The summed E-state index contributed by atoms with van der Waals surface area (Å²) in [4.78, 5) is 32.5. The molecule has 0 aromatic rings. The lowest BCUT2D eigenvalue weighted by molar-refractivity contribution is -0.127. The van der Waals surface area contributed by atoms with E-state index in [0.29, 0.717) is 25.8 Å². The van der Waals surface area contributed by atoms with E-state index in [2.05, 4.69) is 10.6 Å². The average Bonchev–Trinajstić information content (AvgIpc) is 2.24. The lowest BCUT2D eigenvalue weighted by Gasteiger charge is -2.15. The van der Waals surface area contributed by atoms with Gasteiger partial charge in [-0.05, 0) is 13.0 Å². The largest absolute Gasteiger partial charge is 0.350 e. The summed E-state index contributed by atoms with van der Waals surface area (Å²) in [6, 6.07) is -0.541. The summed E-state index contributed by atoms with van der Waals surface area (Å²) < 4.78 is 0. The normalized spacial score (nSPS) is 11.6. The van der Waals surface area contributed by atoms with Gasteiger partial charge in [-0.3, -0.25) is 14.4 Å². The van der Waals surface area contributed by atoms with Crippen LogP contribution in [0, 0.1) is 0 Å². The van der Waals surface area contributed by atoms with E-state index in [9.17, 15) is 14.4 Å². The number of nitrogens with one attached hydrogen (secondary N) is 2. The summed E-state index contributed by atoms with van der Waals surface area (Å²) in [6.07, 6.45) is 1.20. The minimum absolute atomic E-state index is 0.0556. The molecule has 0 radical (unpaired) electrons. The quantitative estimate of drug-likeness (QED) is 0.431. The van der Waals surface area contributed by atoms with Crippen molar-refractivity contribution in [2.75, 3.05) is 13.1 Å². The van der Waals surface area contributed by atoms with Gasteiger partial charge < -0.3 is 16.4 Å². The summed E-state index contributed by atoms with van der Waals surface area (Å²) in [5.41, 5.74) is 5.32. The second-order valence-corrected chi connectivity index (χ2v) is 3.02. The molecule has 0 rings (SSSR count). The van der Waals surface area contributed by atoms with E-state index in [0.717, 1.165) is 0 Å². The Morgan fingerprint density at radius 1 is 1.47 bits per heavy atom. The van der Waals surface area contributed by atoms with E-state index in [1.165, 1.54) is 0 Å². The van der Waals surface area contributed by atoms with Crippen LogP contribution in [-0.4, -0.2) is 37.2 Å². The highest BCUT2D eigenvalue weighted by atomic mass is 16.2. The van der Waals surface area contributed by atoms with E-state index < -0.39 is 6.04 Å². The SMILES string of the molecule is CCC(=O)C(CCN)NC(=O)CNC=O. The summed E-state index contributed by atoms with van der Waals surface area (Å²) in [6.45, 7) is 1.93. The molecule has 0 saturated heterocycles. The van der Waals surface area contributed by atoms with Crippen LogP contribution in [0.15, 0.2) is 0 Å². The van der Waals surface area contributed by atoms with Crippen LogP contribution >= 0.6 is 0 Å². The van der Waals surface area contributed by atoms with E-state index in [4.69, 9.17) is 5.73 Å². The van der Waals surface area contributed by atoms with Gasteiger partial charge in [-0.2, -0.15) is 0 Å². The Hall–Kier alpha value is -1.43. The van der Waals surface area contributed by atoms with Crippen LogP contribution in [0.5, 0.6) is 0 Å². The third-order valence-corrected chi connectivity index (χ3v) is 1.87. The maximum Gasteiger partial charge on any atom is 0.239 e. The highest BCUT2D eigenvalue weighted by molar-refractivity contribution is 5.89. The monoisotopic (exact) mass is 215 g/mol. The van der Waals surface area contributed by atoms with Crippen LogP contribution in [0.25, 0.3) is 0 Å². The van der Waals surface area contributed by atoms with Crippen molar-refractivity contribution < 1.29 is 14.4 Å². The topological polar surface area (TPSA) is 101 Å². The van der Waals surface area contributed by atoms with Crippen molar-refractivity contribution in [1.82, 2.24) is 10.6 Å². The Balaban J connectivity index is 4.09. The van der Waals surface area contributed by atoms with Gasteiger partial charge >= 0.3 is 0 Å². The molecular formula is C9H17N3O3. The Kier molecular flexibility index (Phi) is 7.17. The molecule has 6 nitrogen and oxygen atoms in total. The van der Waals surface area contributed by atoms with Crippen molar-refractivity contribution in [3.8, 4) is 0 Å². The first-order valence-electron chi connectivity index (χ1n) is 4.84. The molecule has 1 atom stereocenters. The molecule has 0 saturated carbocycles. The van der Waals surface area contributed by atoms with Gasteiger partial charge in [0.05, 0.1) is 12.6 Å². The van der Waals surface area contributed by atoms with Gasteiger partial charge in [0.1, 0.15) is 0 Å². The molecule has 0 aliphatic rings. The summed E-state index contributed by atoms with van der Waals surface area (Å²) >= 11 is 0. The number of hydrogen-bond donors (Lipinski definition) is 3. The summed E-state index contributed by atoms with van der Waals surface area (Å²) in [7, 11) is 0. The van der Waals surface area contributed by atoms with Crippen molar-refractivity contribution in [3.63, 3.8) is 0 Å². The molecule has 0 aliphatic carbocycles. The summed E-state index contributed by atoms with van der Waals surface area (Å²) in [5.74, 6) is -0.442. The number of carbonyl (C=O) groups is 3. The standard InChI is InChI=1S/C9H17N3O3/c1-2-8(14)7(3-4-10)12-9(15)5-11-6-13/h6-7H,2-5,10H2,1H3,(H,11,13)(H,12,15). The van der Waals surface area contributed by atoms with Gasteiger partial charge in [-0.15, -0.1) is 0 Å². The first kappa shape index (κ1) is 13.6. The number of Topliss-reactive ketones (excluding diaryl/α,β-unsaturated/α-hetero) is 1. The third-order valence-electron chi connectivity index (χ3n) is 1.87. The van der Waals surface area contributed by atoms with E-state index in [1.807, 2.05) is 0 Å². The number of hydrogen-bond acceptors (Lipinski definition) is 4. The molecule has 0 bridgehead atoms. The highest BCUT2D eigenvalue weighted by Crippen LogP contribution is 1.96. The van der Waals surface area contributed by atoms with Gasteiger partial charge in [-0.25, -0.2) is 0 Å². The fourth-order valence-corrected chi connectivity index (χ4v) is 1.11. The maximum absolute atomic E-state index is 11.4. The zero-order chi connectivity index (χ0) is 11.7. The van der Waals surface area contributed by atoms with Gasteiger partial charge in [0.15, 0.2) is 5.78 Å². The van der Waals surface area contributed by atoms with Crippen LogP contribution in [-0.2, 0) is 14.4 Å². The van der Waals surface area contributed by atoms with Crippen LogP contribution < -0.4 is 16.4 Å². The molecule has 2 amide bonds. The Bertz CT molecular complexity index is 231. The molecule has 0 aromatic heterocycles. The van der Waals surface area contributed by atoms with Crippen molar-refractivity contribution in [3.05, 3.63) is 0 Å². The fraction of sp³-hybridized carbons (Fsp3) is 0.667. The number of nitrogens with two attached hydrogens (primary N) is 1. The predicted molar refractivity (Wildman–Crippen MR) is 55.0 cm³/mol. The molecule has 6 heteroatoms. The van der Waals surface area contributed by atoms with Crippen LogP contribution in [0.4, 0.5) is 0 Å². The van der Waals surface area contributed by atoms with Gasteiger partial charge in [-0.1, -0.05) is 6.92 Å². The first-order chi connectivity index (χ1) is 7.15. The van der Waals surface area contributed by atoms with Crippen LogP contribution in [0.3, 0.4) is 0 Å². The minimum atomic E-state index is -0.541. The van der Waals surface area contributed by atoms with E-state index in [-0.39, 0.29) is 18.2 Å². The zero-order valence-electron chi connectivity index (χ0n) is 8.79. The molecule has 0 spiro atoms. The average molecular weight is 215 g/mol. The Labute approximate surface area is 88.6 Å². The molecule has 0 heterocycles. The molecular weight excluding hydrogens is 198 g/mol. The number of amides is 2. The van der Waals surface area contributed by atoms with Crippen molar-refractivity contribution in [2.45, 2.75) is 25.8 Å². The van der Waals surface area contributed by atoms with Gasteiger partial charge in [0.2, 0.25) is 12.3 Å². The number of ketones is 1. The lowest BCUT2D eigenvalue weighted by Crippen LogP contribution is -2.45. The molecule has 1 unspecified atom stereocenters. The molecule has 0 fully saturated rings. The number of carbonyl (C=O) groups excluding carboxylic acids is 3. The minimum Gasteiger partial charge on any atom is -0.350 e. The second-order valence-electron chi connectivity index (χ2n) is 3.02. The number of rotatable bonds is 8. The van der Waals surface area contributed by atoms with Crippen LogP contribution in [0.2, 0.25) is 0 Å². The third kappa shape index (κ3) is 5.79. The lowest BCUT2D eigenvalue weighted by atomic mass is 10.1. The van der Waals surface area contributed by atoms with E-state index >= 15 is 0 Å². The van der Waals surface area contributed by atoms with Crippen molar-refractivity contribution in [2.24, 2.45) is 5.73 Å². The van der Waals surface area contributed by atoms with Crippen molar-refractivity contribution in [1.29, 1.82) is 0 Å². The Morgan fingerprint density at radius 2 is 2.13 bits per heavy atom. The van der Waals surface area contributed by atoms with Crippen molar-refractivity contribution >= 4 is 18.1 Å². The first-order valence-corrected chi connectivity index (χ1v) is 4.84. The zero-order valence-corrected chi connectivity index (χ0v) is 8.79. The molecule has 0 aliphatic heterocycles. The maximum atomic E-state index is 11.4. The molecule has 4 N–H and O–H groups in total. The Morgan fingerprint density at radius 3 is 2.60 bits per heavy atom. The molecule has 86 valence electrons. The second kappa shape index (κ2) is 7.93. The highest BCUT2D eigenvalue weighted by Gasteiger charge is 2.17. The van der Waals surface area contributed by atoms with Crippen LogP contribution in [0.1, 0.15) is 19.8 Å². The molecule has 0 aromatic carbocycles. The van der Waals surface area contributed by atoms with Gasteiger partial charge in [0.25, 0.3) is 0 Å². The smallest absolute Gasteiger partial charge is 0.239 e. The summed E-state index contributed by atoms with van der Waals surface area (Å²) in [5, 5.41) is 4.73. The molecule has 15 heavy (non-hydrogen) atoms. The predicted octanol–water partition coefficient (Wildman–Crippen LogP) is -1.45. The van der Waals surface area contributed by atoms with E-state index in [1.54, 1.807) is 6.92 Å². The van der Waals surface area contributed by atoms with Gasteiger partial charge in [0, 0.05) is 6.42 Å². The fourth-order valence-electron chi connectivity index (χ4n) is 1.11.